The minimum atomic E-state index is -3.33. The summed E-state index contributed by atoms with van der Waals surface area (Å²) >= 11 is 0. The Balaban J connectivity index is 1.67. The van der Waals surface area contributed by atoms with Gasteiger partial charge < -0.3 is 10.2 Å². The number of hydrogen-bond acceptors (Lipinski definition) is 4. The van der Waals surface area contributed by atoms with E-state index in [9.17, 15) is 18.0 Å². The van der Waals surface area contributed by atoms with Gasteiger partial charge in [0.05, 0.1) is 11.4 Å². The molecule has 1 atom stereocenters. The maximum Gasteiger partial charge on any atom is 0.254 e. The molecule has 1 fully saturated rings. The summed E-state index contributed by atoms with van der Waals surface area (Å²) in [7, 11) is -1.77. The first kappa shape index (κ1) is 19.4. The Hall–Kier alpha value is -2.87. The molecule has 4 rings (SSSR count). The maximum absolute atomic E-state index is 13.3. The summed E-state index contributed by atoms with van der Waals surface area (Å²) in [6.45, 7) is 0.747. The number of hydrogen-bond donors (Lipinski definition) is 1. The molecule has 2 amide bonds. The van der Waals surface area contributed by atoms with Gasteiger partial charge in [-0.15, -0.1) is 0 Å². The van der Waals surface area contributed by atoms with E-state index < -0.39 is 16.1 Å². The van der Waals surface area contributed by atoms with Crippen LogP contribution in [-0.4, -0.2) is 50.5 Å². The van der Waals surface area contributed by atoms with Gasteiger partial charge in [-0.1, -0.05) is 30.3 Å². The van der Waals surface area contributed by atoms with Crippen molar-refractivity contribution >= 4 is 27.5 Å². The number of carbonyl (C=O) groups is 2. The minimum absolute atomic E-state index is 0.118. The molecule has 0 unspecified atom stereocenters. The predicted molar refractivity (Wildman–Crippen MR) is 110 cm³/mol. The summed E-state index contributed by atoms with van der Waals surface area (Å²) in [5, 5.41) is 2.65. The van der Waals surface area contributed by atoms with Gasteiger partial charge in [0.15, 0.2) is 0 Å². The second-order valence-electron chi connectivity index (χ2n) is 7.33. The summed E-state index contributed by atoms with van der Waals surface area (Å²) in [6, 6.07) is 13.8. The topological polar surface area (TPSA) is 86.8 Å². The average Bonchev–Trinajstić information content (AvgIpc) is 3.10. The number of anilines is 1. The Morgan fingerprint density at radius 2 is 1.83 bits per heavy atom. The van der Waals surface area contributed by atoms with E-state index in [0.29, 0.717) is 37.2 Å². The molecule has 2 aliphatic heterocycles. The summed E-state index contributed by atoms with van der Waals surface area (Å²) in [4.78, 5) is 27.4. The van der Waals surface area contributed by atoms with E-state index in [4.69, 9.17) is 0 Å². The van der Waals surface area contributed by atoms with Crippen molar-refractivity contribution in [3.63, 3.8) is 0 Å². The second kappa shape index (κ2) is 7.51. The Labute approximate surface area is 170 Å². The highest BCUT2D eigenvalue weighted by Crippen LogP contribution is 2.28. The van der Waals surface area contributed by atoms with Crippen LogP contribution in [0.3, 0.4) is 0 Å². The number of likely N-dealkylation sites (N-methyl/N-ethyl adjacent to an activating group) is 1. The molecule has 0 radical (unpaired) electrons. The maximum atomic E-state index is 13.3. The number of fused-ring (bicyclic) bond motifs is 1. The van der Waals surface area contributed by atoms with E-state index in [0.717, 1.165) is 11.1 Å². The molecule has 0 aromatic heterocycles. The first-order chi connectivity index (χ1) is 13.9. The molecular formula is C21H23N3O4S. The number of benzene rings is 2. The van der Waals surface area contributed by atoms with Crippen molar-refractivity contribution in [3.05, 3.63) is 65.2 Å². The molecule has 29 heavy (non-hydrogen) atoms. The highest BCUT2D eigenvalue weighted by molar-refractivity contribution is 7.93. The first-order valence-corrected chi connectivity index (χ1v) is 11.2. The third-order valence-corrected chi connectivity index (χ3v) is 7.41. The smallest absolute Gasteiger partial charge is 0.254 e. The molecule has 2 heterocycles. The van der Waals surface area contributed by atoms with Gasteiger partial charge in [0.2, 0.25) is 15.9 Å². The van der Waals surface area contributed by atoms with Crippen LogP contribution in [0.15, 0.2) is 48.5 Å². The SMILES string of the molecule is CNC(=O)[C@@H]1Cc2ccccc2CN1C(=O)c1cccc(N2CCCS2(=O)=O)c1. The molecule has 1 saturated heterocycles. The molecule has 2 aliphatic rings. The molecule has 0 aliphatic carbocycles. The van der Waals surface area contributed by atoms with Gasteiger partial charge in [-0.05, 0) is 35.7 Å². The Morgan fingerprint density at radius 1 is 1.07 bits per heavy atom. The van der Waals surface area contributed by atoms with Crippen LogP contribution < -0.4 is 9.62 Å². The number of nitrogens with one attached hydrogen (secondary N) is 1. The fourth-order valence-electron chi connectivity index (χ4n) is 4.03. The third kappa shape index (κ3) is 3.60. The van der Waals surface area contributed by atoms with Gasteiger partial charge in [-0.2, -0.15) is 0 Å². The zero-order valence-electron chi connectivity index (χ0n) is 16.2. The summed E-state index contributed by atoms with van der Waals surface area (Å²) in [5.74, 6) is -0.384. The van der Waals surface area contributed by atoms with E-state index in [1.165, 1.54) is 4.31 Å². The lowest BCUT2D eigenvalue weighted by atomic mass is 9.92. The van der Waals surface area contributed by atoms with E-state index in [1.54, 1.807) is 36.2 Å². The summed E-state index contributed by atoms with van der Waals surface area (Å²) in [5.41, 5.74) is 2.93. The van der Waals surface area contributed by atoms with Crippen LogP contribution in [0.25, 0.3) is 0 Å². The lowest BCUT2D eigenvalue weighted by Gasteiger charge is -2.36. The van der Waals surface area contributed by atoms with Gasteiger partial charge in [0, 0.05) is 32.1 Å². The minimum Gasteiger partial charge on any atom is -0.357 e. The predicted octanol–water partition coefficient (Wildman–Crippen LogP) is 1.54. The first-order valence-electron chi connectivity index (χ1n) is 9.60. The largest absolute Gasteiger partial charge is 0.357 e. The highest BCUT2D eigenvalue weighted by atomic mass is 32.2. The van der Waals surface area contributed by atoms with Gasteiger partial charge in [0.1, 0.15) is 6.04 Å². The van der Waals surface area contributed by atoms with Crippen LogP contribution in [0.5, 0.6) is 0 Å². The van der Waals surface area contributed by atoms with Gasteiger partial charge in [-0.25, -0.2) is 8.42 Å². The van der Waals surface area contributed by atoms with Crippen LogP contribution in [0, 0.1) is 0 Å². The van der Waals surface area contributed by atoms with Crippen LogP contribution in [0.1, 0.15) is 27.9 Å². The van der Waals surface area contributed by atoms with E-state index in [1.807, 2.05) is 24.3 Å². The molecule has 8 heteroatoms. The molecule has 152 valence electrons. The molecule has 0 saturated carbocycles. The average molecular weight is 413 g/mol. The van der Waals surface area contributed by atoms with Crippen molar-refractivity contribution in [2.24, 2.45) is 0 Å². The summed E-state index contributed by atoms with van der Waals surface area (Å²) in [6.07, 6.45) is 1.02. The summed E-state index contributed by atoms with van der Waals surface area (Å²) < 4.78 is 25.8. The lowest BCUT2D eigenvalue weighted by molar-refractivity contribution is -0.125. The van der Waals surface area contributed by atoms with Gasteiger partial charge in [-0.3, -0.25) is 13.9 Å². The van der Waals surface area contributed by atoms with E-state index in [2.05, 4.69) is 5.32 Å². The number of carbonyl (C=O) groups excluding carboxylic acids is 2. The van der Waals surface area contributed by atoms with Crippen molar-refractivity contribution in [2.45, 2.75) is 25.4 Å². The third-order valence-electron chi connectivity index (χ3n) is 5.54. The van der Waals surface area contributed by atoms with E-state index in [-0.39, 0.29) is 17.6 Å². The molecule has 0 bridgehead atoms. The molecule has 0 spiro atoms. The Morgan fingerprint density at radius 3 is 2.52 bits per heavy atom. The Bertz CT molecular complexity index is 1070. The standard InChI is InChI=1S/C21H23N3O4S/c1-22-20(25)19-13-15-6-2-3-7-17(15)14-23(19)21(26)16-8-4-9-18(12-16)24-10-5-11-29(24,27)28/h2-4,6-9,12,19H,5,10-11,13-14H2,1H3,(H,22,25)/t19-/m0/s1. The molecule has 1 N–H and O–H groups in total. The second-order valence-corrected chi connectivity index (χ2v) is 9.34. The van der Waals surface area contributed by atoms with E-state index >= 15 is 0 Å². The van der Waals surface area contributed by atoms with Crippen LogP contribution in [0.2, 0.25) is 0 Å². The van der Waals surface area contributed by atoms with Crippen LogP contribution in [0.4, 0.5) is 5.69 Å². The van der Waals surface area contributed by atoms with Crippen molar-refractivity contribution < 1.29 is 18.0 Å². The zero-order valence-corrected chi connectivity index (χ0v) is 17.0. The molecule has 7 nitrogen and oxygen atoms in total. The molecule has 2 aromatic carbocycles. The zero-order chi connectivity index (χ0) is 20.6. The Kier molecular flexibility index (Phi) is 5.04. The van der Waals surface area contributed by atoms with Crippen molar-refractivity contribution in [1.29, 1.82) is 0 Å². The fourth-order valence-corrected chi connectivity index (χ4v) is 5.58. The van der Waals surface area contributed by atoms with Crippen LogP contribution >= 0.6 is 0 Å². The lowest BCUT2D eigenvalue weighted by Crippen LogP contribution is -2.51. The van der Waals surface area contributed by atoms with Gasteiger partial charge in [0.25, 0.3) is 5.91 Å². The van der Waals surface area contributed by atoms with Gasteiger partial charge >= 0.3 is 0 Å². The van der Waals surface area contributed by atoms with Crippen molar-refractivity contribution in [1.82, 2.24) is 10.2 Å². The normalized spacial score (nSPS) is 20.2. The number of rotatable bonds is 3. The quantitative estimate of drug-likeness (QED) is 0.827. The highest BCUT2D eigenvalue weighted by Gasteiger charge is 2.35. The number of sulfonamides is 1. The van der Waals surface area contributed by atoms with Crippen molar-refractivity contribution in [2.75, 3.05) is 23.7 Å². The monoisotopic (exact) mass is 413 g/mol. The fraction of sp³-hybridized carbons (Fsp3) is 0.333. The van der Waals surface area contributed by atoms with Crippen LogP contribution in [-0.2, 0) is 27.8 Å². The molecule has 2 aromatic rings. The number of nitrogens with zero attached hydrogens (tertiary/aromatic N) is 2. The van der Waals surface area contributed by atoms with Crippen molar-refractivity contribution in [3.8, 4) is 0 Å². The molecular weight excluding hydrogens is 390 g/mol. The number of amides is 2.